The first kappa shape index (κ1) is 10.2. The lowest BCUT2D eigenvalue weighted by molar-refractivity contribution is 0.894. The maximum atomic E-state index is 5.76. The van der Waals surface area contributed by atoms with Gasteiger partial charge in [0.15, 0.2) is 5.65 Å². The minimum Gasteiger partial charge on any atom is -0.383 e. The second-order valence-corrected chi connectivity index (χ2v) is 4.45. The Labute approximate surface area is 105 Å². The van der Waals surface area contributed by atoms with Crippen LogP contribution >= 0.6 is 15.9 Å². The van der Waals surface area contributed by atoms with Gasteiger partial charge < -0.3 is 5.73 Å². The first-order valence-electron chi connectivity index (χ1n) is 4.96. The Balaban J connectivity index is 2.28. The predicted octanol–water partition coefficient (Wildman–Crippen LogP) is 2.16. The molecule has 0 saturated carbocycles. The summed E-state index contributed by atoms with van der Waals surface area (Å²) in [6.07, 6.45) is 3.11. The fourth-order valence-corrected chi connectivity index (χ4v) is 2.05. The monoisotopic (exact) mass is 289 g/mol. The molecule has 0 aliphatic heterocycles. The Hall–Kier alpha value is -1.95. The van der Waals surface area contributed by atoms with Crippen LogP contribution in [0.3, 0.4) is 0 Å². The van der Waals surface area contributed by atoms with Crippen molar-refractivity contribution in [1.29, 1.82) is 0 Å². The molecule has 2 N–H and O–H groups in total. The third kappa shape index (κ3) is 1.66. The van der Waals surface area contributed by atoms with Crippen molar-refractivity contribution in [2.24, 2.45) is 0 Å². The van der Waals surface area contributed by atoms with E-state index in [-0.39, 0.29) is 0 Å². The minimum absolute atomic E-state index is 0.441. The third-order valence-corrected chi connectivity index (χ3v) is 2.94. The largest absolute Gasteiger partial charge is 0.383 e. The molecular weight excluding hydrogens is 282 g/mol. The zero-order valence-electron chi connectivity index (χ0n) is 8.71. The molecule has 0 saturated heterocycles. The molecule has 1 aromatic carbocycles. The SMILES string of the molecule is Nc1ncnc2c1cnn2-c1cccc(Br)c1. The summed E-state index contributed by atoms with van der Waals surface area (Å²) in [6, 6.07) is 7.82. The van der Waals surface area contributed by atoms with Crippen molar-refractivity contribution < 1.29 is 0 Å². The Morgan fingerprint density at radius 1 is 1.24 bits per heavy atom. The van der Waals surface area contributed by atoms with E-state index in [9.17, 15) is 0 Å². The third-order valence-electron chi connectivity index (χ3n) is 2.45. The molecule has 3 aromatic rings. The summed E-state index contributed by atoms with van der Waals surface area (Å²) in [4.78, 5) is 8.14. The second-order valence-electron chi connectivity index (χ2n) is 3.53. The van der Waals surface area contributed by atoms with E-state index in [4.69, 9.17) is 5.73 Å². The highest BCUT2D eigenvalue weighted by Crippen LogP contribution is 2.21. The number of halogens is 1. The average Bonchev–Trinajstić information content (AvgIpc) is 2.74. The van der Waals surface area contributed by atoms with Crippen LogP contribution in [0.25, 0.3) is 16.7 Å². The number of hydrogen-bond acceptors (Lipinski definition) is 4. The average molecular weight is 290 g/mol. The van der Waals surface area contributed by atoms with Crippen molar-refractivity contribution in [3.8, 4) is 5.69 Å². The van der Waals surface area contributed by atoms with Gasteiger partial charge >= 0.3 is 0 Å². The van der Waals surface area contributed by atoms with Gasteiger partial charge in [-0.1, -0.05) is 22.0 Å². The van der Waals surface area contributed by atoms with Gasteiger partial charge in [-0.25, -0.2) is 14.6 Å². The molecule has 0 bridgehead atoms. The van der Waals surface area contributed by atoms with E-state index < -0.39 is 0 Å². The van der Waals surface area contributed by atoms with Gasteiger partial charge in [-0.15, -0.1) is 0 Å². The number of rotatable bonds is 1. The second kappa shape index (κ2) is 3.81. The highest BCUT2D eigenvalue weighted by atomic mass is 79.9. The Kier molecular flexibility index (Phi) is 2.29. The van der Waals surface area contributed by atoms with Crippen LogP contribution in [-0.4, -0.2) is 19.7 Å². The number of aromatic nitrogens is 4. The number of benzene rings is 1. The molecule has 2 aromatic heterocycles. The van der Waals surface area contributed by atoms with E-state index >= 15 is 0 Å². The van der Waals surface area contributed by atoms with Crippen molar-refractivity contribution in [2.75, 3.05) is 5.73 Å². The molecule has 5 nitrogen and oxygen atoms in total. The molecule has 0 aliphatic carbocycles. The maximum Gasteiger partial charge on any atom is 0.168 e. The lowest BCUT2D eigenvalue weighted by Crippen LogP contribution is -1.98. The van der Waals surface area contributed by atoms with Crippen LogP contribution < -0.4 is 5.73 Å². The molecule has 0 unspecified atom stereocenters. The predicted molar refractivity (Wildman–Crippen MR) is 68.8 cm³/mol. The van der Waals surface area contributed by atoms with E-state index in [0.29, 0.717) is 11.5 Å². The number of nitrogens with two attached hydrogens (primary N) is 1. The lowest BCUT2D eigenvalue weighted by atomic mass is 10.3. The Bertz CT molecular complexity index is 691. The zero-order chi connectivity index (χ0) is 11.8. The van der Waals surface area contributed by atoms with Gasteiger partial charge in [0.05, 0.1) is 17.3 Å². The summed E-state index contributed by atoms with van der Waals surface area (Å²) in [5, 5.41) is 5.04. The molecule has 0 spiro atoms. The summed E-state index contributed by atoms with van der Waals surface area (Å²) >= 11 is 3.43. The van der Waals surface area contributed by atoms with Gasteiger partial charge in [0.25, 0.3) is 0 Å². The van der Waals surface area contributed by atoms with Gasteiger partial charge in [0.2, 0.25) is 0 Å². The molecular formula is C11H8BrN5. The summed E-state index contributed by atoms with van der Waals surface area (Å²) in [6.45, 7) is 0. The van der Waals surface area contributed by atoms with Gasteiger partial charge in [0, 0.05) is 4.47 Å². The molecule has 0 aliphatic rings. The van der Waals surface area contributed by atoms with Gasteiger partial charge in [0.1, 0.15) is 12.1 Å². The molecule has 3 rings (SSSR count). The van der Waals surface area contributed by atoms with Crippen LogP contribution in [0.2, 0.25) is 0 Å². The normalized spacial score (nSPS) is 10.9. The highest BCUT2D eigenvalue weighted by molar-refractivity contribution is 9.10. The summed E-state index contributed by atoms with van der Waals surface area (Å²) in [7, 11) is 0. The Morgan fingerprint density at radius 2 is 2.12 bits per heavy atom. The number of fused-ring (bicyclic) bond motifs is 1. The van der Waals surface area contributed by atoms with E-state index in [1.54, 1.807) is 10.9 Å². The quantitative estimate of drug-likeness (QED) is 0.745. The highest BCUT2D eigenvalue weighted by Gasteiger charge is 2.08. The summed E-state index contributed by atoms with van der Waals surface area (Å²) < 4.78 is 2.72. The van der Waals surface area contributed by atoms with E-state index in [1.807, 2.05) is 24.3 Å². The number of nitrogens with zero attached hydrogens (tertiary/aromatic N) is 4. The number of hydrogen-bond donors (Lipinski definition) is 1. The van der Waals surface area contributed by atoms with Crippen molar-refractivity contribution >= 4 is 32.8 Å². The summed E-state index contributed by atoms with van der Waals surface area (Å²) in [5.74, 6) is 0.441. The van der Waals surface area contributed by atoms with Crippen molar-refractivity contribution in [3.05, 3.63) is 41.3 Å². The number of anilines is 1. The van der Waals surface area contributed by atoms with Crippen LogP contribution in [0.1, 0.15) is 0 Å². The molecule has 0 fully saturated rings. The van der Waals surface area contributed by atoms with E-state index in [1.165, 1.54) is 6.33 Å². The van der Waals surface area contributed by atoms with E-state index in [0.717, 1.165) is 15.5 Å². The van der Waals surface area contributed by atoms with Crippen molar-refractivity contribution in [3.63, 3.8) is 0 Å². The topological polar surface area (TPSA) is 69.6 Å². The molecule has 6 heteroatoms. The van der Waals surface area contributed by atoms with Crippen LogP contribution in [-0.2, 0) is 0 Å². The molecule has 84 valence electrons. The van der Waals surface area contributed by atoms with E-state index in [2.05, 4.69) is 31.0 Å². The fraction of sp³-hybridized carbons (Fsp3) is 0. The first-order valence-corrected chi connectivity index (χ1v) is 5.75. The Morgan fingerprint density at radius 3 is 2.94 bits per heavy atom. The minimum atomic E-state index is 0.441. The number of nitrogen functional groups attached to an aromatic ring is 1. The molecule has 17 heavy (non-hydrogen) atoms. The van der Waals surface area contributed by atoms with Crippen LogP contribution in [0, 0.1) is 0 Å². The molecule has 0 amide bonds. The van der Waals surface area contributed by atoms with Gasteiger partial charge in [-0.05, 0) is 18.2 Å². The summed E-state index contributed by atoms with van der Waals surface area (Å²) in [5.41, 5.74) is 7.39. The smallest absolute Gasteiger partial charge is 0.168 e. The molecule has 0 atom stereocenters. The lowest BCUT2D eigenvalue weighted by Gasteiger charge is -2.03. The van der Waals surface area contributed by atoms with Crippen LogP contribution in [0.5, 0.6) is 0 Å². The molecule has 2 heterocycles. The molecule has 0 radical (unpaired) electrons. The van der Waals surface area contributed by atoms with Gasteiger partial charge in [-0.3, -0.25) is 0 Å². The fourth-order valence-electron chi connectivity index (χ4n) is 1.66. The van der Waals surface area contributed by atoms with Crippen LogP contribution in [0.15, 0.2) is 41.3 Å². The van der Waals surface area contributed by atoms with Gasteiger partial charge in [-0.2, -0.15) is 5.10 Å². The first-order chi connectivity index (χ1) is 8.25. The van der Waals surface area contributed by atoms with Crippen LogP contribution in [0.4, 0.5) is 5.82 Å². The van der Waals surface area contributed by atoms with Crippen molar-refractivity contribution in [2.45, 2.75) is 0 Å². The maximum absolute atomic E-state index is 5.76. The zero-order valence-corrected chi connectivity index (χ0v) is 10.3. The standard InChI is InChI=1S/C11H8BrN5/c12-7-2-1-3-8(4-7)17-11-9(5-16-17)10(13)14-6-15-11/h1-6H,(H2,13,14,15). The van der Waals surface area contributed by atoms with Crippen molar-refractivity contribution in [1.82, 2.24) is 19.7 Å².